The fraction of sp³-hybridized carbons (Fsp3) is 0.722. The second-order valence-electron chi connectivity index (χ2n) is 8.11. The maximum Gasteiger partial charge on any atom is 0.410 e. The van der Waals surface area contributed by atoms with Gasteiger partial charge in [-0.3, -0.25) is 4.79 Å². The van der Waals surface area contributed by atoms with E-state index in [1.165, 1.54) is 0 Å². The van der Waals surface area contributed by atoms with Gasteiger partial charge in [0.25, 0.3) is 5.91 Å². The first-order chi connectivity index (χ1) is 11.7. The van der Waals surface area contributed by atoms with Crippen LogP contribution in [0.25, 0.3) is 0 Å². The summed E-state index contributed by atoms with van der Waals surface area (Å²) in [5.74, 6) is 1.03. The van der Waals surface area contributed by atoms with Gasteiger partial charge in [0.15, 0.2) is 5.69 Å². The molecule has 1 aromatic rings. The van der Waals surface area contributed by atoms with Crippen molar-refractivity contribution in [1.82, 2.24) is 15.4 Å². The lowest BCUT2D eigenvalue weighted by Crippen LogP contribution is -2.52. The lowest BCUT2D eigenvalue weighted by Gasteiger charge is -2.38. The summed E-state index contributed by atoms with van der Waals surface area (Å²) in [6.07, 6.45) is 3.31. The Morgan fingerprint density at radius 1 is 1.32 bits per heavy atom. The van der Waals surface area contributed by atoms with E-state index < -0.39 is 5.60 Å². The summed E-state index contributed by atoms with van der Waals surface area (Å²) in [5.41, 5.74) is -0.169. The van der Waals surface area contributed by atoms with Gasteiger partial charge in [-0.25, -0.2) is 4.79 Å². The van der Waals surface area contributed by atoms with Crippen LogP contribution >= 0.6 is 0 Å². The molecule has 1 N–H and O–H groups in total. The van der Waals surface area contributed by atoms with Crippen molar-refractivity contribution in [3.05, 3.63) is 17.5 Å². The molecule has 1 saturated heterocycles. The summed E-state index contributed by atoms with van der Waals surface area (Å²) in [4.78, 5) is 26.3. The Labute approximate surface area is 148 Å². The number of nitrogens with one attached hydrogen (secondary N) is 1. The van der Waals surface area contributed by atoms with Gasteiger partial charge >= 0.3 is 6.09 Å². The normalized spacial score (nSPS) is 24.1. The van der Waals surface area contributed by atoms with Crippen molar-refractivity contribution in [2.75, 3.05) is 6.54 Å². The van der Waals surface area contributed by atoms with E-state index in [-0.39, 0.29) is 24.1 Å². The zero-order valence-electron chi connectivity index (χ0n) is 15.4. The maximum atomic E-state index is 12.3. The van der Waals surface area contributed by atoms with Crippen molar-refractivity contribution in [3.8, 4) is 0 Å². The fourth-order valence-corrected chi connectivity index (χ4v) is 3.11. The molecule has 2 aliphatic rings. The summed E-state index contributed by atoms with van der Waals surface area (Å²) in [7, 11) is 0. The first-order valence-electron chi connectivity index (χ1n) is 9.00. The first kappa shape index (κ1) is 17.8. The van der Waals surface area contributed by atoms with Crippen LogP contribution in [0.5, 0.6) is 0 Å². The van der Waals surface area contributed by atoms with E-state index in [0.717, 1.165) is 18.6 Å². The highest BCUT2D eigenvalue weighted by atomic mass is 16.6. The average molecular weight is 349 g/mol. The van der Waals surface area contributed by atoms with Crippen LogP contribution in [0.1, 0.15) is 75.5 Å². The molecule has 2 amide bonds. The largest absolute Gasteiger partial charge is 0.444 e. The first-order valence-corrected chi connectivity index (χ1v) is 9.00. The van der Waals surface area contributed by atoms with Crippen molar-refractivity contribution in [1.29, 1.82) is 0 Å². The highest BCUT2D eigenvalue weighted by Crippen LogP contribution is 2.40. The van der Waals surface area contributed by atoms with Crippen LogP contribution in [0.4, 0.5) is 4.79 Å². The molecule has 0 unspecified atom stereocenters. The Bertz CT molecular complexity index is 645. The van der Waals surface area contributed by atoms with Crippen LogP contribution in [0, 0.1) is 0 Å². The van der Waals surface area contributed by atoms with Crippen LogP contribution in [0.2, 0.25) is 0 Å². The molecular formula is C18H27N3O4. The summed E-state index contributed by atoms with van der Waals surface area (Å²) < 4.78 is 10.7. The number of piperidine rings is 1. The van der Waals surface area contributed by atoms with Gasteiger partial charge in [0.1, 0.15) is 11.4 Å². The monoisotopic (exact) mass is 349 g/mol. The van der Waals surface area contributed by atoms with Crippen molar-refractivity contribution in [3.63, 3.8) is 0 Å². The van der Waals surface area contributed by atoms with Gasteiger partial charge in [-0.05, 0) is 53.4 Å². The van der Waals surface area contributed by atoms with E-state index in [1.54, 1.807) is 11.0 Å². The molecule has 1 aromatic heterocycles. The van der Waals surface area contributed by atoms with E-state index in [0.29, 0.717) is 31.0 Å². The highest BCUT2D eigenvalue weighted by Gasteiger charge is 2.33. The highest BCUT2D eigenvalue weighted by molar-refractivity contribution is 5.92. The Morgan fingerprint density at radius 2 is 2.04 bits per heavy atom. The van der Waals surface area contributed by atoms with Crippen molar-refractivity contribution in [2.24, 2.45) is 0 Å². The smallest absolute Gasteiger partial charge is 0.410 e. The van der Waals surface area contributed by atoms with E-state index in [2.05, 4.69) is 10.5 Å². The molecule has 3 rings (SSSR count). The molecule has 138 valence electrons. The quantitative estimate of drug-likeness (QED) is 0.906. The van der Waals surface area contributed by atoms with E-state index >= 15 is 0 Å². The molecule has 1 saturated carbocycles. The molecule has 7 heteroatoms. The third-order valence-corrected chi connectivity index (χ3v) is 4.58. The lowest BCUT2D eigenvalue weighted by molar-refractivity contribution is 0.00959. The van der Waals surface area contributed by atoms with E-state index in [4.69, 9.17) is 9.26 Å². The van der Waals surface area contributed by atoms with Crippen molar-refractivity contribution >= 4 is 12.0 Å². The number of likely N-dealkylation sites (tertiary alicyclic amines) is 1. The van der Waals surface area contributed by atoms with Gasteiger partial charge in [0.05, 0.1) is 0 Å². The predicted molar refractivity (Wildman–Crippen MR) is 91.4 cm³/mol. The third-order valence-electron chi connectivity index (χ3n) is 4.58. The van der Waals surface area contributed by atoms with Crippen molar-refractivity contribution in [2.45, 2.75) is 77.0 Å². The molecule has 2 fully saturated rings. The summed E-state index contributed by atoms with van der Waals surface area (Å²) in [5, 5.41) is 6.88. The van der Waals surface area contributed by atoms with Gasteiger partial charge in [-0.15, -0.1) is 0 Å². The minimum Gasteiger partial charge on any atom is -0.444 e. The molecule has 0 bridgehead atoms. The second-order valence-corrected chi connectivity index (χ2v) is 8.11. The molecule has 1 aliphatic heterocycles. The number of aromatic nitrogens is 1. The van der Waals surface area contributed by atoms with Crippen LogP contribution in [-0.4, -0.2) is 46.3 Å². The van der Waals surface area contributed by atoms with Crippen LogP contribution < -0.4 is 5.32 Å². The molecule has 25 heavy (non-hydrogen) atoms. The number of carbonyl (C=O) groups excluding carboxylic acids is 2. The zero-order valence-corrected chi connectivity index (χ0v) is 15.4. The molecule has 1 aliphatic carbocycles. The summed E-state index contributed by atoms with van der Waals surface area (Å²) >= 11 is 0. The number of nitrogens with zero attached hydrogens (tertiary/aromatic N) is 2. The molecular weight excluding hydrogens is 322 g/mol. The van der Waals surface area contributed by atoms with Gasteiger partial charge in [0, 0.05) is 30.6 Å². The standard InChI is InChI=1S/C18H27N3O4/c1-11-9-13(7-8-21(11)17(23)24-18(2,3)4)19-16(22)14-10-15(25-20-14)12-5-6-12/h10-13H,5-9H2,1-4H3,(H,19,22)/t11-,13+/m1/s1. The maximum absolute atomic E-state index is 12.3. The number of rotatable bonds is 3. The van der Waals surface area contributed by atoms with Crippen molar-refractivity contribution < 1.29 is 18.8 Å². The average Bonchev–Trinajstić information content (AvgIpc) is 3.22. The number of ether oxygens (including phenoxy) is 1. The molecule has 2 atom stereocenters. The summed E-state index contributed by atoms with van der Waals surface area (Å²) in [6.45, 7) is 8.11. The van der Waals surface area contributed by atoms with Crippen LogP contribution in [0.15, 0.2) is 10.6 Å². The number of hydrogen-bond acceptors (Lipinski definition) is 5. The number of hydrogen-bond donors (Lipinski definition) is 1. The minimum absolute atomic E-state index is 0.00762. The second kappa shape index (κ2) is 6.69. The lowest BCUT2D eigenvalue weighted by atomic mass is 9.98. The van der Waals surface area contributed by atoms with Gasteiger partial charge in [-0.2, -0.15) is 0 Å². The Kier molecular flexibility index (Phi) is 4.75. The fourth-order valence-electron chi connectivity index (χ4n) is 3.11. The van der Waals surface area contributed by atoms with E-state index in [1.807, 2.05) is 27.7 Å². The molecule has 7 nitrogen and oxygen atoms in total. The van der Waals surface area contributed by atoms with Crippen LogP contribution in [0.3, 0.4) is 0 Å². The third kappa shape index (κ3) is 4.52. The number of amides is 2. The Morgan fingerprint density at radius 3 is 2.64 bits per heavy atom. The predicted octanol–water partition coefficient (Wildman–Crippen LogP) is 3.07. The van der Waals surface area contributed by atoms with Gasteiger partial charge in [0.2, 0.25) is 0 Å². The molecule has 0 spiro atoms. The molecule has 0 radical (unpaired) electrons. The zero-order chi connectivity index (χ0) is 18.2. The van der Waals surface area contributed by atoms with Crippen LogP contribution in [-0.2, 0) is 4.74 Å². The molecule has 2 heterocycles. The Hall–Kier alpha value is -2.05. The van der Waals surface area contributed by atoms with E-state index in [9.17, 15) is 9.59 Å². The van der Waals surface area contributed by atoms with Gasteiger partial charge < -0.3 is 19.5 Å². The number of carbonyl (C=O) groups is 2. The Balaban J connectivity index is 1.52. The summed E-state index contributed by atoms with van der Waals surface area (Å²) in [6, 6.07) is 1.77. The topological polar surface area (TPSA) is 84.7 Å². The SMILES string of the molecule is C[C@@H]1C[C@@H](NC(=O)c2cc(C3CC3)on2)CCN1C(=O)OC(C)(C)C. The minimum atomic E-state index is -0.506. The van der Waals surface area contributed by atoms with Gasteiger partial charge in [-0.1, -0.05) is 5.16 Å². The molecule has 0 aromatic carbocycles.